The van der Waals surface area contributed by atoms with Crippen LogP contribution in [-0.2, 0) is 40.4 Å². The fraction of sp³-hybridized carbons (Fsp3) is 0.277. The van der Waals surface area contributed by atoms with E-state index >= 15 is 0 Å². The maximum Gasteiger partial charge on any atom is 0.338 e. The van der Waals surface area contributed by atoms with Crippen LogP contribution >= 0.6 is 21.6 Å². The number of carbonyl (C=O) groups excluding carboxylic acids is 2. The smallest absolute Gasteiger partial charge is 0.338 e. The molecule has 21 heterocycles. The van der Waals surface area contributed by atoms with Crippen LogP contribution in [0.15, 0.2) is 141 Å². The van der Waals surface area contributed by atoms with Crippen LogP contribution < -0.4 is 18.3 Å². The maximum atomic E-state index is 13.7. The summed E-state index contributed by atoms with van der Waals surface area (Å²) in [4.78, 5) is 26.0. The largest absolute Gasteiger partial charge is 0.462 e. The van der Waals surface area contributed by atoms with Crippen LogP contribution in [0.5, 0.6) is 0 Å². The van der Waals surface area contributed by atoms with Crippen LogP contribution in [0.25, 0.3) is 22.3 Å². The molecular weight excluding hydrogens is 749 g/mol. The third-order valence-corrected chi connectivity index (χ3v) is 13.6. The fourth-order valence-electron chi connectivity index (χ4n) is 7.30. The lowest BCUT2D eigenvalue weighted by atomic mass is 10.0. The molecule has 57 heavy (non-hydrogen) atoms. The second-order valence-corrected chi connectivity index (χ2v) is 17.6. The number of benzene rings is 2. The van der Waals surface area contributed by atoms with Crippen molar-refractivity contribution in [3.63, 3.8) is 0 Å². The molecule has 10 heteroatoms. The van der Waals surface area contributed by atoms with Gasteiger partial charge in [-0.05, 0) is 47.6 Å². The molecule has 12 bridgehead atoms. The van der Waals surface area contributed by atoms with Gasteiger partial charge in [0.1, 0.15) is 13.2 Å². The highest BCUT2D eigenvalue weighted by atomic mass is 33.1. The predicted molar refractivity (Wildman–Crippen MR) is 222 cm³/mol. The Kier molecular flexibility index (Phi) is 12.7. The highest BCUT2D eigenvalue weighted by Crippen LogP contribution is 2.40. The topological polar surface area (TPSA) is 68.1 Å². The zero-order valence-corrected chi connectivity index (χ0v) is 33.7. The predicted octanol–water partition coefficient (Wildman–Crippen LogP) is 7.09. The molecule has 288 valence electrons. The molecule has 8 nitrogen and oxygen atoms in total. The summed E-state index contributed by atoms with van der Waals surface area (Å²) in [5.41, 5.74) is 9.36. The van der Waals surface area contributed by atoms with Gasteiger partial charge in [0.15, 0.2) is 75.8 Å². The van der Waals surface area contributed by atoms with Crippen LogP contribution in [0.2, 0.25) is 0 Å². The van der Waals surface area contributed by atoms with Gasteiger partial charge in [-0.1, -0.05) is 64.4 Å². The molecule has 4 aromatic heterocycles. The van der Waals surface area contributed by atoms with Gasteiger partial charge in [-0.15, -0.1) is 0 Å². The van der Waals surface area contributed by atoms with Gasteiger partial charge in [0, 0.05) is 88.2 Å². The molecule has 2 aromatic carbocycles. The number of rotatable bonds is 9. The Bertz CT molecular complexity index is 2280. The van der Waals surface area contributed by atoms with Gasteiger partial charge in [0.05, 0.1) is 5.56 Å². The number of aromatic nitrogens is 4. The van der Waals surface area contributed by atoms with Crippen molar-refractivity contribution in [2.75, 3.05) is 19.0 Å². The Morgan fingerprint density at radius 3 is 1.54 bits per heavy atom. The zero-order valence-electron chi connectivity index (χ0n) is 32.1. The molecule has 1 saturated heterocycles. The van der Waals surface area contributed by atoms with Crippen LogP contribution in [0.3, 0.4) is 0 Å². The molecule has 1 unspecified atom stereocenters. The Morgan fingerprint density at radius 1 is 0.561 bits per heavy atom. The van der Waals surface area contributed by atoms with Crippen LogP contribution in [0.1, 0.15) is 64.7 Å². The van der Waals surface area contributed by atoms with Crippen LogP contribution in [-0.4, -0.2) is 36.2 Å². The van der Waals surface area contributed by atoms with E-state index in [2.05, 4.69) is 134 Å². The average molecular weight is 797 g/mol. The lowest BCUT2D eigenvalue weighted by Crippen LogP contribution is -2.35. The van der Waals surface area contributed by atoms with Gasteiger partial charge < -0.3 is 9.47 Å². The number of nitrogens with zero attached hydrogens (tertiary/aromatic N) is 4. The monoisotopic (exact) mass is 796 g/mol. The molecule has 23 rings (SSSR count). The van der Waals surface area contributed by atoms with Crippen molar-refractivity contribution in [3.05, 3.63) is 168 Å². The van der Waals surface area contributed by atoms with E-state index in [0.29, 0.717) is 30.3 Å². The summed E-state index contributed by atoms with van der Waals surface area (Å²) in [6.07, 6.45) is 21.4. The number of unbranched alkanes of at least 4 members (excludes halogenated alkanes) is 1. The lowest BCUT2D eigenvalue weighted by Gasteiger charge is -2.11. The first-order chi connectivity index (χ1) is 28.0. The van der Waals surface area contributed by atoms with E-state index in [1.54, 1.807) is 0 Å². The van der Waals surface area contributed by atoms with Gasteiger partial charge in [0.2, 0.25) is 0 Å². The number of ether oxygens (including phenoxy) is 2. The Balaban J connectivity index is 0.989. The van der Waals surface area contributed by atoms with Gasteiger partial charge in [-0.25, -0.2) is 23.1 Å². The van der Waals surface area contributed by atoms with Gasteiger partial charge in [-0.2, -0.15) is 0 Å². The quantitative estimate of drug-likeness (QED) is 0.0673. The normalized spacial score (nSPS) is 14.8. The standard InChI is InChI=1S/C47H48N4O4S2/c52-46(4-2-1-3-44-19-30-56-57-44)54-28-29-55-47(53)45-31-38-9-10-43(45)35-51-26-17-42(18-27-51)40-13-22-49(23-14-40)33-37-7-5-36(6-8-37)32-48-20-11-39(12-21-48)41-15-24-50(34-38)25-16-41/h5-18,20-27,31,44H,1-4,19,28-30,32-35H2/q+4. The first-order valence-corrected chi connectivity index (χ1v) is 22.2. The molecular formula is C47H48N4O4S2+4. The maximum absolute atomic E-state index is 13.7. The first kappa shape index (κ1) is 38.5. The van der Waals surface area contributed by atoms with E-state index in [-0.39, 0.29) is 19.2 Å². The van der Waals surface area contributed by atoms with E-state index in [4.69, 9.17) is 9.47 Å². The van der Waals surface area contributed by atoms with Crippen molar-refractivity contribution in [3.8, 4) is 22.3 Å². The third kappa shape index (κ3) is 10.6. The molecule has 17 aliphatic rings. The summed E-state index contributed by atoms with van der Waals surface area (Å²) in [7, 11) is 3.91. The van der Waals surface area contributed by atoms with Crippen molar-refractivity contribution in [1.82, 2.24) is 0 Å². The summed E-state index contributed by atoms with van der Waals surface area (Å²) in [5, 5.41) is 0.711. The van der Waals surface area contributed by atoms with Crippen LogP contribution in [0, 0.1) is 0 Å². The van der Waals surface area contributed by atoms with E-state index in [0.717, 1.165) is 65.7 Å². The van der Waals surface area contributed by atoms with E-state index in [1.165, 1.54) is 23.3 Å². The van der Waals surface area contributed by atoms with Crippen molar-refractivity contribution in [2.24, 2.45) is 0 Å². The molecule has 1 atom stereocenters. The summed E-state index contributed by atoms with van der Waals surface area (Å²) >= 11 is 0. The number of hydrogen-bond acceptors (Lipinski definition) is 6. The molecule has 0 radical (unpaired) electrons. The third-order valence-electron chi connectivity index (χ3n) is 10.6. The highest BCUT2D eigenvalue weighted by molar-refractivity contribution is 8.77. The minimum absolute atomic E-state index is 0.00492. The number of pyridine rings is 4. The van der Waals surface area contributed by atoms with Crippen LogP contribution in [0.4, 0.5) is 0 Å². The van der Waals surface area contributed by atoms with E-state index in [1.807, 2.05) is 46.1 Å². The Labute approximate surface area is 342 Å². The number of esters is 2. The molecule has 0 amide bonds. The lowest BCUT2D eigenvalue weighted by molar-refractivity contribution is -0.689. The van der Waals surface area contributed by atoms with E-state index in [9.17, 15) is 9.59 Å². The van der Waals surface area contributed by atoms with Crippen molar-refractivity contribution in [2.45, 2.75) is 63.5 Å². The van der Waals surface area contributed by atoms with Crippen molar-refractivity contribution >= 4 is 33.5 Å². The molecule has 0 aliphatic carbocycles. The molecule has 0 saturated carbocycles. The molecule has 0 spiro atoms. The SMILES string of the molecule is O=C(CCCCC1CCSS1)OCCOC(=O)c1cc2ccc1C[n+]1ccc(cc1)-c1cc[n+](cc1)Cc1ccc(cc1)C[n+]1ccc(cc1)-c1cc[n+](cc1)C2. The minimum atomic E-state index is -0.429. The first-order valence-electron chi connectivity index (χ1n) is 19.8. The Hall–Kier alpha value is -5.32. The molecule has 17 aliphatic heterocycles. The second kappa shape index (κ2) is 18.7. The number of carbonyl (C=O) groups is 2. The van der Waals surface area contributed by atoms with Gasteiger partial charge in [0.25, 0.3) is 0 Å². The number of hydrogen-bond donors (Lipinski definition) is 0. The van der Waals surface area contributed by atoms with Crippen molar-refractivity contribution < 1.29 is 37.3 Å². The average Bonchev–Trinajstić information content (AvgIpc) is 3.77. The van der Waals surface area contributed by atoms with E-state index < -0.39 is 5.97 Å². The zero-order chi connectivity index (χ0) is 38.8. The summed E-state index contributed by atoms with van der Waals surface area (Å²) in [6.45, 7) is 2.72. The molecule has 6 aromatic rings. The fourth-order valence-corrected chi connectivity index (χ4v) is 10.3. The molecule has 0 N–H and O–H groups in total. The van der Waals surface area contributed by atoms with Gasteiger partial charge >= 0.3 is 11.9 Å². The van der Waals surface area contributed by atoms with Crippen molar-refractivity contribution in [1.29, 1.82) is 0 Å². The highest BCUT2D eigenvalue weighted by Gasteiger charge is 2.20. The minimum Gasteiger partial charge on any atom is -0.462 e. The summed E-state index contributed by atoms with van der Waals surface area (Å²) in [6, 6.07) is 31.9. The Morgan fingerprint density at radius 2 is 1.04 bits per heavy atom. The molecule has 1 fully saturated rings. The summed E-state index contributed by atoms with van der Waals surface area (Å²) < 4.78 is 19.7. The van der Waals surface area contributed by atoms with Gasteiger partial charge in [-0.3, -0.25) is 4.79 Å². The summed E-state index contributed by atoms with van der Waals surface area (Å²) in [5.74, 6) is 0.554. The second-order valence-electron chi connectivity index (χ2n) is 14.8.